The topological polar surface area (TPSA) is 59.1 Å². The third kappa shape index (κ3) is 4.02. The summed E-state index contributed by atoms with van der Waals surface area (Å²) >= 11 is 0. The normalized spacial score (nSPS) is 17.2. The van der Waals surface area contributed by atoms with E-state index in [-0.39, 0.29) is 10.9 Å². The van der Waals surface area contributed by atoms with E-state index in [4.69, 9.17) is 9.47 Å². The summed E-state index contributed by atoms with van der Waals surface area (Å²) < 4.78 is 38.0. The minimum Gasteiger partial charge on any atom is -0.497 e. The summed E-state index contributed by atoms with van der Waals surface area (Å²) in [6.45, 7) is 5.12. The maximum absolute atomic E-state index is 13.1. The molecule has 0 aliphatic carbocycles. The number of hydrogen-bond donors (Lipinski definition) is 0. The highest BCUT2D eigenvalue weighted by atomic mass is 32.2. The second-order valence-electron chi connectivity index (χ2n) is 6.11. The predicted molar refractivity (Wildman–Crippen MR) is 94.2 cm³/mol. The number of methoxy groups -OCH3 is 2. The Morgan fingerprint density at radius 2 is 1.88 bits per heavy atom. The molecule has 1 aromatic rings. The highest BCUT2D eigenvalue weighted by Crippen LogP contribution is 2.32. The Labute approximate surface area is 145 Å². The first-order valence-corrected chi connectivity index (χ1v) is 9.80. The van der Waals surface area contributed by atoms with Crippen LogP contribution in [0.2, 0.25) is 0 Å². The molecule has 1 aliphatic heterocycles. The fourth-order valence-corrected chi connectivity index (χ4v) is 4.74. The van der Waals surface area contributed by atoms with Crippen LogP contribution in [0.5, 0.6) is 11.5 Å². The van der Waals surface area contributed by atoms with Crippen LogP contribution >= 0.6 is 0 Å². The first-order valence-electron chi connectivity index (χ1n) is 8.36. The molecule has 2 rings (SSSR count). The van der Waals surface area contributed by atoms with Gasteiger partial charge in [0.2, 0.25) is 10.0 Å². The molecule has 0 amide bonds. The Kier molecular flexibility index (Phi) is 6.48. The molecule has 7 heteroatoms. The van der Waals surface area contributed by atoms with Crippen molar-refractivity contribution in [3.05, 3.63) is 18.2 Å². The average molecular weight is 356 g/mol. The molecule has 1 aromatic carbocycles. The van der Waals surface area contributed by atoms with Crippen LogP contribution in [0.15, 0.2) is 23.1 Å². The number of rotatable bonds is 7. The monoisotopic (exact) mass is 356 g/mol. The Bertz CT molecular complexity index is 640. The zero-order valence-electron chi connectivity index (χ0n) is 15.0. The predicted octanol–water partition coefficient (Wildman–Crippen LogP) is 2.20. The molecule has 0 radical (unpaired) electrons. The number of hydrogen-bond acceptors (Lipinski definition) is 5. The highest BCUT2D eigenvalue weighted by Gasteiger charge is 2.32. The standard InChI is InChI=1S/C17H28N2O4S/c1-5-10-19-11-8-14(9-12-19)18(2)24(20,21)17-13-15(22-3)6-7-16(17)23-4/h6-7,13-14H,5,8-12H2,1-4H3. The zero-order chi connectivity index (χ0) is 17.7. The van der Waals surface area contributed by atoms with E-state index in [1.165, 1.54) is 24.6 Å². The SMILES string of the molecule is CCCN1CCC(N(C)S(=O)(=O)c2cc(OC)ccc2OC)CC1. The van der Waals surface area contributed by atoms with Crippen molar-refractivity contribution < 1.29 is 17.9 Å². The van der Waals surface area contributed by atoms with Gasteiger partial charge in [0.25, 0.3) is 0 Å². The van der Waals surface area contributed by atoms with Crippen molar-refractivity contribution in [2.75, 3.05) is 40.9 Å². The van der Waals surface area contributed by atoms with Gasteiger partial charge in [-0.15, -0.1) is 0 Å². The highest BCUT2D eigenvalue weighted by molar-refractivity contribution is 7.89. The van der Waals surface area contributed by atoms with Crippen molar-refractivity contribution in [2.45, 2.75) is 37.1 Å². The summed E-state index contributed by atoms with van der Waals surface area (Å²) in [4.78, 5) is 2.55. The molecule has 0 atom stereocenters. The van der Waals surface area contributed by atoms with E-state index in [2.05, 4.69) is 11.8 Å². The van der Waals surface area contributed by atoms with Gasteiger partial charge in [0.15, 0.2) is 0 Å². The maximum Gasteiger partial charge on any atom is 0.246 e. The largest absolute Gasteiger partial charge is 0.497 e. The van der Waals surface area contributed by atoms with E-state index in [0.29, 0.717) is 11.5 Å². The molecule has 0 bridgehead atoms. The van der Waals surface area contributed by atoms with Gasteiger partial charge in [-0.05, 0) is 51.0 Å². The van der Waals surface area contributed by atoms with Crippen LogP contribution in [0.4, 0.5) is 0 Å². The van der Waals surface area contributed by atoms with Crippen molar-refractivity contribution in [1.82, 2.24) is 9.21 Å². The van der Waals surface area contributed by atoms with Gasteiger partial charge in [-0.1, -0.05) is 6.92 Å². The van der Waals surface area contributed by atoms with Gasteiger partial charge in [-0.25, -0.2) is 8.42 Å². The van der Waals surface area contributed by atoms with Crippen LogP contribution in [0.1, 0.15) is 26.2 Å². The lowest BCUT2D eigenvalue weighted by Crippen LogP contribution is -2.45. The fraction of sp³-hybridized carbons (Fsp3) is 0.647. The Morgan fingerprint density at radius 1 is 1.21 bits per heavy atom. The lowest BCUT2D eigenvalue weighted by atomic mass is 10.1. The van der Waals surface area contributed by atoms with Crippen LogP contribution < -0.4 is 9.47 Å². The van der Waals surface area contributed by atoms with Crippen LogP contribution in [-0.2, 0) is 10.0 Å². The summed E-state index contributed by atoms with van der Waals surface area (Å²) in [5.74, 6) is 0.839. The molecule has 0 N–H and O–H groups in total. The quantitative estimate of drug-likeness (QED) is 0.750. The van der Waals surface area contributed by atoms with Gasteiger partial charge in [-0.2, -0.15) is 4.31 Å². The average Bonchev–Trinajstić information content (AvgIpc) is 2.61. The van der Waals surface area contributed by atoms with Crippen LogP contribution in [0, 0.1) is 0 Å². The van der Waals surface area contributed by atoms with Gasteiger partial charge in [0.05, 0.1) is 14.2 Å². The summed E-state index contributed by atoms with van der Waals surface area (Å²) in [5, 5.41) is 0. The molecular weight excluding hydrogens is 328 g/mol. The minimum atomic E-state index is -3.63. The van der Waals surface area contributed by atoms with E-state index in [1.54, 1.807) is 19.2 Å². The minimum absolute atomic E-state index is 0.0130. The molecule has 0 aromatic heterocycles. The first-order chi connectivity index (χ1) is 11.4. The molecule has 1 fully saturated rings. The van der Waals surface area contributed by atoms with E-state index >= 15 is 0 Å². The second-order valence-corrected chi connectivity index (χ2v) is 8.08. The molecule has 0 spiro atoms. The molecule has 0 unspecified atom stereocenters. The number of ether oxygens (including phenoxy) is 2. The molecule has 1 saturated heterocycles. The zero-order valence-corrected chi connectivity index (χ0v) is 15.8. The molecular formula is C17H28N2O4S. The lowest BCUT2D eigenvalue weighted by molar-refractivity contribution is 0.170. The number of nitrogens with zero attached hydrogens (tertiary/aromatic N) is 2. The van der Waals surface area contributed by atoms with Gasteiger partial charge < -0.3 is 14.4 Å². The van der Waals surface area contributed by atoms with Crippen LogP contribution in [0.25, 0.3) is 0 Å². The van der Waals surface area contributed by atoms with Crippen molar-refractivity contribution in [3.8, 4) is 11.5 Å². The number of sulfonamides is 1. The lowest BCUT2D eigenvalue weighted by Gasteiger charge is -2.36. The van der Waals surface area contributed by atoms with Gasteiger partial charge in [0.1, 0.15) is 16.4 Å². The van der Waals surface area contributed by atoms with Crippen molar-refractivity contribution in [1.29, 1.82) is 0 Å². The van der Waals surface area contributed by atoms with E-state index in [9.17, 15) is 8.42 Å². The van der Waals surface area contributed by atoms with E-state index in [0.717, 1.165) is 38.9 Å². The number of benzene rings is 1. The Balaban J connectivity index is 2.21. The molecule has 1 heterocycles. The van der Waals surface area contributed by atoms with Crippen LogP contribution in [0.3, 0.4) is 0 Å². The Hall–Kier alpha value is -1.31. The summed E-state index contributed by atoms with van der Waals surface area (Å²) in [6, 6.07) is 4.86. The molecule has 6 nitrogen and oxygen atoms in total. The van der Waals surface area contributed by atoms with Crippen molar-refractivity contribution in [3.63, 3.8) is 0 Å². The first kappa shape index (κ1) is 19.0. The molecule has 136 valence electrons. The number of likely N-dealkylation sites (tertiary alicyclic amines) is 1. The van der Waals surface area contributed by atoms with Gasteiger partial charge in [-0.3, -0.25) is 0 Å². The number of piperidine rings is 1. The summed E-state index contributed by atoms with van der Waals surface area (Å²) in [7, 11) is 1.02. The summed E-state index contributed by atoms with van der Waals surface area (Å²) in [6.07, 6.45) is 2.82. The summed E-state index contributed by atoms with van der Waals surface area (Å²) in [5.41, 5.74) is 0. The smallest absolute Gasteiger partial charge is 0.246 e. The maximum atomic E-state index is 13.1. The van der Waals surface area contributed by atoms with Gasteiger partial charge >= 0.3 is 0 Å². The van der Waals surface area contributed by atoms with Crippen molar-refractivity contribution >= 4 is 10.0 Å². The van der Waals surface area contributed by atoms with E-state index < -0.39 is 10.0 Å². The Morgan fingerprint density at radius 3 is 2.42 bits per heavy atom. The van der Waals surface area contributed by atoms with Crippen LogP contribution in [-0.4, -0.2) is 64.6 Å². The van der Waals surface area contributed by atoms with E-state index in [1.807, 2.05) is 0 Å². The van der Waals surface area contributed by atoms with Crippen molar-refractivity contribution in [2.24, 2.45) is 0 Å². The fourth-order valence-electron chi connectivity index (χ4n) is 3.16. The van der Waals surface area contributed by atoms with Gasteiger partial charge in [0, 0.05) is 19.2 Å². The molecule has 1 aliphatic rings. The second kappa shape index (κ2) is 8.18. The molecule has 24 heavy (non-hydrogen) atoms. The molecule has 0 saturated carbocycles. The third-order valence-electron chi connectivity index (χ3n) is 4.64. The third-order valence-corrected chi connectivity index (χ3v) is 6.57.